The molecule has 0 fully saturated rings. The molecule has 0 saturated heterocycles. The standard InChI is InChI=1S/C23H27N3OS/c1-16-10-11-20-17(13-16)7-6-12-26(20)15-22(27)25-23-19(14-24)18-8-4-2-3-5-9-21(18)28-23/h10-11,13H,2-9,12,15H2,1H3,(H,25,27). The third kappa shape index (κ3) is 3.93. The Kier molecular flexibility index (Phi) is 5.68. The van der Waals surface area contributed by atoms with Crippen LogP contribution in [0.25, 0.3) is 0 Å². The normalized spacial score (nSPS) is 16.4. The Hall–Kier alpha value is -2.32. The lowest BCUT2D eigenvalue weighted by atomic mass is 9.97. The fourth-order valence-electron chi connectivity index (χ4n) is 4.43. The Bertz CT molecular complexity index is 925. The van der Waals surface area contributed by atoms with Crippen LogP contribution in [0.4, 0.5) is 10.7 Å². The Morgan fingerprint density at radius 3 is 2.82 bits per heavy atom. The van der Waals surface area contributed by atoms with Crippen LogP contribution in [0.2, 0.25) is 0 Å². The highest BCUT2D eigenvalue weighted by atomic mass is 32.1. The number of hydrogen-bond donors (Lipinski definition) is 1. The van der Waals surface area contributed by atoms with Gasteiger partial charge in [-0.2, -0.15) is 5.26 Å². The second kappa shape index (κ2) is 8.36. The fraction of sp³-hybridized carbons (Fsp3) is 0.478. The monoisotopic (exact) mass is 393 g/mol. The lowest BCUT2D eigenvalue weighted by Gasteiger charge is -2.31. The van der Waals surface area contributed by atoms with Gasteiger partial charge >= 0.3 is 0 Å². The molecule has 0 atom stereocenters. The maximum atomic E-state index is 12.8. The summed E-state index contributed by atoms with van der Waals surface area (Å²) in [6.07, 6.45) is 8.94. The van der Waals surface area contributed by atoms with Crippen LogP contribution in [0.3, 0.4) is 0 Å². The highest BCUT2D eigenvalue weighted by Gasteiger charge is 2.23. The van der Waals surface area contributed by atoms with E-state index >= 15 is 0 Å². The predicted octanol–water partition coefficient (Wildman–Crippen LogP) is 4.98. The van der Waals surface area contributed by atoms with Crippen LogP contribution < -0.4 is 10.2 Å². The summed E-state index contributed by atoms with van der Waals surface area (Å²) in [6, 6.07) is 8.84. The summed E-state index contributed by atoms with van der Waals surface area (Å²) in [7, 11) is 0. The average Bonchev–Trinajstić information content (AvgIpc) is 2.96. The van der Waals surface area contributed by atoms with Crippen molar-refractivity contribution in [2.24, 2.45) is 0 Å². The number of carbonyl (C=O) groups excluding carboxylic acids is 1. The van der Waals surface area contributed by atoms with Gasteiger partial charge in [-0.3, -0.25) is 4.79 Å². The maximum Gasteiger partial charge on any atom is 0.244 e. The van der Waals surface area contributed by atoms with Gasteiger partial charge in [-0.15, -0.1) is 11.3 Å². The van der Waals surface area contributed by atoms with Crippen molar-refractivity contribution in [3.63, 3.8) is 0 Å². The zero-order valence-corrected chi connectivity index (χ0v) is 17.3. The third-order valence-electron chi connectivity index (χ3n) is 5.82. The Morgan fingerprint density at radius 2 is 2.00 bits per heavy atom. The molecule has 2 heterocycles. The van der Waals surface area contributed by atoms with Crippen molar-refractivity contribution in [1.29, 1.82) is 5.26 Å². The highest BCUT2D eigenvalue weighted by Crippen LogP contribution is 2.36. The van der Waals surface area contributed by atoms with Crippen molar-refractivity contribution in [3.8, 4) is 6.07 Å². The van der Waals surface area contributed by atoms with Crippen LogP contribution in [0.5, 0.6) is 0 Å². The summed E-state index contributed by atoms with van der Waals surface area (Å²) in [4.78, 5) is 16.3. The van der Waals surface area contributed by atoms with E-state index in [0.29, 0.717) is 12.1 Å². The second-order valence-corrected chi connectivity index (χ2v) is 9.04. The van der Waals surface area contributed by atoms with Crippen molar-refractivity contribution in [3.05, 3.63) is 45.3 Å². The van der Waals surface area contributed by atoms with Gasteiger partial charge in [0.15, 0.2) is 0 Å². The first-order valence-corrected chi connectivity index (χ1v) is 11.2. The average molecular weight is 394 g/mol. The molecule has 0 unspecified atom stereocenters. The van der Waals surface area contributed by atoms with Crippen LogP contribution in [0.15, 0.2) is 18.2 Å². The number of anilines is 2. The molecule has 2 aromatic rings. The predicted molar refractivity (Wildman–Crippen MR) is 115 cm³/mol. The molecule has 28 heavy (non-hydrogen) atoms. The zero-order valence-electron chi connectivity index (χ0n) is 16.5. The fourth-order valence-corrected chi connectivity index (χ4v) is 5.69. The van der Waals surface area contributed by atoms with E-state index < -0.39 is 0 Å². The van der Waals surface area contributed by atoms with Gasteiger partial charge in [0.05, 0.1) is 12.1 Å². The van der Waals surface area contributed by atoms with Gasteiger partial charge < -0.3 is 10.2 Å². The largest absolute Gasteiger partial charge is 0.362 e. The molecule has 1 aromatic heterocycles. The zero-order chi connectivity index (χ0) is 19.5. The number of nitrogens with one attached hydrogen (secondary N) is 1. The summed E-state index contributed by atoms with van der Waals surface area (Å²) < 4.78 is 0. The van der Waals surface area contributed by atoms with E-state index in [4.69, 9.17) is 0 Å². The topological polar surface area (TPSA) is 56.1 Å². The van der Waals surface area contributed by atoms with Crippen molar-refractivity contribution >= 4 is 27.9 Å². The van der Waals surface area contributed by atoms with Gasteiger partial charge in [-0.25, -0.2) is 0 Å². The van der Waals surface area contributed by atoms with E-state index in [1.54, 1.807) is 11.3 Å². The van der Waals surface area contributed by atoms with Crippen molar-refractivity contribution in [2.75, 3.05) is 23.3 Å². The summed E-state index contributed by atoms with van der Waals surface area (Å²) in [5.41, 5.74) is 5.65. The van der Waals surface area contributed by atoms with Crippen LogP contribution >= 0.6 is 11.3 Å². The molecule has 4 nitrogen and oxygen atoms in total. The molecule has 0 spiro atoms. The van der Waals surface area contributed by atoms with Gasteiger partial charge in [0, 0.05) is 17.1 Å². The number of carbonyl (C=O) groups is 1. The maximum absolute atomic E-state index is 12.8. The highest BCUT2D eigenvalue weighted by molar-refractivity contribution is 7.16. The molecule has 5 heteroatoms. The third-order valence-corrected chi connectivity index (χ3v) is 7.03. The van der Waals surface area contributed by atoms with Gasteiger partial charge in [0.25, 0.3) is 0 Å². The molecule has 4 rings (SSSR count). The number of rotatable bonds is 3. The number of nitrogens with zero attached hydrogens (tertiary/aromatic N) is 2. The number of benzene rings is 1. The molecule has 1 aromatic carbocycles. The molecule has 0 radical (unpaired) electrons. The first kappa shape index (κ1) is 19.0. The first-order chi connectivity index (χ1) is 13.7. The molecule has 0 saturated carbocycles. The quantitative estimate of drug-likeness (QED) is 0.800. The lowest BCUT2D eigenvalue weighted by molar-refractivity contribution is -0.115. The minimum Gasteiger partial charge on any atom is -0.362 e. The van der Waals surface area contributed by atoms with E-state index in [0.717, 1.165) is 43.6 Å². The number of amides is 1. The summed E-state index contributed by atoms with van der Waals surface area (Å²) in [5.74, 6) is -0.0286. The van der Waals surface area contributed by atoms with Crippen molar-refractivity contribution in [2.45, 2.75) is 58.3 Å². The molecular formula is C23H27N3OS. The van der Waals surface area contributed by atoms with Crippen LogP contribution in [0.1, 0.15) is 59.2 Å². The number of nitriles is 1. The minimum absolute atomic E-state index is 0.0286. The second-order valence-electron chi connectivity index (χ2n) is 7.94. The molecular weight excluding hydrogens is 366 g/mol. The minimum atomic E-state index is -0.0286. The van der Waals surface area contributed by atoms with Crippen LogP contribution in [-0.4, -0.2) is 19.0 Å². The molecule has 2 aliphatic rings. The molecule has 1 aliphatic carbocycles. The van der Waals surface area contributed by atoms with E-state index in [2.05, 4.69) is 41.4 Å². The van der Waals surface area contributed by atoms with Gasteiger partial charge in [0.1, 0.15) is 11.1 Å². The Labute approximate surface area is 171 Å². The van der Waals surface area contributed by atoms with E-state index in [1.807, 2.05) is 0 Å². The first-order valence-electron chi connectivity index (χ1n) is 10.3. The van der Waals surface area contributed by atoms with Gasteiger partial charge in [-0.1, -0.05) is 30.5 Å². The summed E-state index contributed by atoms with van der Waals surface area (Å²) in [6.45, 7) is 3.34. The number of fused-ring (bicyclic) bond motifs is 2. The van der Waals surface area contributed by atoms with Crippen molar-refractivity contribution in [1.82, 2.24) is 0 Å². The number of thiophene rings is 1. The Morgan fingerprint density at radius 1 is 1.18 bits per heavy atom. The molecule has 146 valence electrons. The number of aryl methyl sites for hydroxylation is 3. The van der Waals surface area contributed by atoms with Crippen LogP contribution in [-0.2, 0) is 24.1 Å². The van der Waals surface area contributed by atoms with E-state index in [-0.39, 0.29) is 5.91 Å². The molecule has 1 aliphatic heterocycles. The van der Waals surface area contributed by atoms with E-state index in [1.165, 1.54) is 46.5 Å². The van der Waals surface area contributed by atoms with Crippen molar-refractivity contribution < 1.29 is 4.79 Å². The lowest BCUT2D eigenvalue weighted by Crippen LogP contribution is -2.36. The van der Waals surface area contributed by atoms with Crippen LogP contribution in [0, 0.1) is 18.3 Å². The SMILES string of the molecule is Cc1ccc2c(c1)CCCN2CC(=O)Nc1sc2c(c1C#N)CCCCCC2. The molecule has 1 amide bonds. The Balaban J connectivity index is 1.51. The summed E-state index contributed by atoms with van der Waals surface area (Å²) in [5, 5.41) is 13.5. The van der Waals surface area contributed by atoms with Gasteiger partial charge in [-0.05, 0) is 62.6 Å². The molecule has 0 bridgehead atoms. The van der Waals surface area contributed by atoms with E-state index in [9.17, 15) is 10.1 Å². The van der Waals surface area contributed by atoms with Gasteiger partial charge in [0.2, 0.25) is 5.91 Å². The smallest absolute Gasteiger partial charge is 0.244 e. The summed E-state index contributed by atoms with van der Waals surface area (Å²) >= 11 is 1.61. The number of hydrogen-bond acceptors (Lipinski definition) is 4. The molecule has 1 N–H and O–H groups in total.